The Morgan fingerprint density at radius 1 is 1.40 bits per heavy atom. The molecule has 0 spiro atoms. The monoisotopic (exact) mass is 160 g/mol. The van der Waals surface area contributed by atoms with Gasteiger partial charge in [0.15, 0.2) is 0 Å². The molecule has 2 heteroatoms. The van der Waals surface area contributed by atoms with Crippen molar-refractivity contribution in [1.29, 1.82) is 0 Å². The smallest absolute Gasteiger partial charge is 0.0647 e. The number of ether oxygens (including phenoxy) is 1. The normalized spacial score (nSPS) is 18.5. The molecule has 1 fully saturated rings. The van der Waals surface area contributed by atoms with Crippen molar-refractivity contribution in [3.63, 3.8) is 0 Å². The SMILES string of the molecule is ClCC=CCOCC1CC1. The van der Waals surface area contributed by atoms with Crippen LogP contribution in [0.5, 0.6) is 0 Å². The molecule has 0 radical (unpaired) electrons. The number of hydrogen-bond acceptors (Lipinski definition) is 1. The van der Waals surface area contributed by atoms with Crippen LogP contribution in [0, 0.1) is 5.92 Å². The fourth-order valence-corrected chi connectivity index (χ4v) is 0.844. The van der Waals surface area contributed by atoms with E-state index in [2.05, 4.69) is 0 Å². The third kappa shape index (κ3) is 3.91. The van der Waals surface area contributed by atoms with Crippen molar-refractivity contribution < 1.29 is 4.74 Å². The van der Waals surface area contributed by atoms with Crippen LogP contribution in [0.2, 0.25) is 0 Å². The zero-order valence-corrected chi connectivity index (χ0v) is 6.81. The van der Waals surface area contributed by atoms with Gasteiger partial charge in [-0.25, -0.2) is 0 Å². The van der Waals surface area contributed by atoms with Crippen molar-refractivity contribution in [3.8, 4) is 0 Å². The highest BCUT2D eigenvalue weighted by atomic mass is 35.5. The van der Waals surface area contributed by atoms with E-state index in [4.69, 9.17) is 16.3 Å². The molecule has 0 atom stereocenters. The third-order valence-electron chi connectivity index (χ3n) is 1.52. The molecule has 1 rings (SSSR count). The van der Waals surface area contributed by atoms with Gasteiger partial charge in [0.2, 0.25) is 0 Å². The van der Waals surface area contributed by atoms with E-state index in [1.807, 2.05) is 12.2 Å². The summed E-state index contributed by atoms with van der Waals surface area (Å²) in [5.41, 5.74) is 0. The Morgan fingerprint density at radius 2 is 2.20 bits per heavy atom. The molecule has 0 heterocycles. The van der Waals surface area contributed by atoms with Gasteiger partial charge in [0.25, 0.3) is 0 Å². The lowest BCUT2D eigenvalue weighted by molar-refractivity contribution is 0.151. The van der Waals surface area contributed by atoms with Crippen molar-refractivity contribution in [3.05, 3.63) is 12.2 Å². The number of hydrogen-bond donors (Lipinski definition) is 0. The zero-order valence-electron chi connectivity index (χ0n) is 6.05. The van der Waals surface area contributed by atoms with Crippen molar-refractivity contribution in [2.45, 2.75) is 12.8 Å². The van der Waals surface area contributed by atoms with Crippen molar-refractivity contribution >= 4 is 11.6 Å². The highest BCUT2D eigenvalue weighted by molar-refractivity contribution is 6.18. The molecular weight excluding hydrogens is 148 g/mol. The maximum absolute atomic E-state index is 5.41. The van der Waals surface area contributed by atoms with Crippen molar-refractivity contribution in [2.24, 2.45) is 5.92 Å². The Kier molecular flexibility index (Phi) is 3.84. The molecule has 0 aromatic heterocycles. The summed E-state index contributed by atoms with van der Waals surface area (Å²) in [6.07, 6.45) is 6.60. The summed E-state index contributed by atoms with van der Waals surface area (Å²) in [7, 11) is 0. The fraction of sp³-hybridized carbons (Fsp3) is 0.750. The van der Waals surface area contributed by atoms with E-state index in [1.165, 1.54) is 12.8 Å². The van der Waals surface area contributed by atoms with E-state index < -0.39 is 0 Å². The average Bonchev–Trinajstić information content (AvgIpc) is 2.71. The van der Waals surface area contributed by atoms with Gasteiger partial charge in [-0.15, -0.1) is 11.6 Å². The minimum absolute atomic E-state index is 0.590. The average molecular weight is 161 g/mol. The van der Waals surface area contributed by atoms with E-state index in [1.54, 1.807) is 0 Å². The second-order valence-electron chi connectivity index (χ2n) is 2.61. The van der Waals surface area contributed by atoms with E-state index >= 15 is 0 Å². The second-order valence-corrected chi connectivity index (χ2v) is 2.92. The van der Waals surface area contributed by atoms with Gasteiger partial charge in [0.05, 0.1) is 6.61 Å². The number of alkyl halides is 1. The number of allylic oxidation sites excluding steroid dienone is 1. The van der Waals surface area contributed by atoms with Gasteiger partial charge < -0.3 is 4.74 Å². The number of rotatable bonds is 5. The molecule has 58 valence electrons. The summed E-state index contributed by atoms with van der Waals surface area (Å²) in [6.45, 7) is 1.66. The van der Waals surface area contributed by atoms with Crippen molar-refractivity contribution in [1.82, 2.24) is 0 Å². The quantitative estimate of drug-likeness (QED) is 0.341. The summed E-state index contributed by atoms with van der Waals surface area (Å²) in [5, 5.41) is 0. The van der Waals surface area contributed by atoms with Gasteiger partial charge in [-0.2, -0.15) is 0 Å². The Hall–Kier alpha value is -0.0100. The van der Waals surface area contributed by atoms with Crippen LogP contribution >= 0.6 is 11.6 Å². The highest BCUT2D eigenvalue weighted by Gasteiger charge is 2.20. The minimum atomic E-state index is 0.590. The molecule has 1 aliphatic carbocycles. The minimum Gasteiger partial charge on any atom is -0.377 e. The zero-order chi connectivity index (χ0) is 7.23. The van der Waals surface area contributed by atoms with Gasteiger partial charge >= 0.3 is 0 Å². The van der Waals surface area contributed by atoms with Gasteiger partial charge in [-0.3, -0.25) is 0 Å². The molecule has 1 nitrogen and oxygen atoms in total. The molecule has 10 heavy (non-hydrogen) atoms. The maximum atomic E-state index is 5.41. The molecule has 0 amide bonds. The Bertz CT molecular complexity index is 108. The van der Waals surface area contributed by atoms with Crippen LogP contribution in [0.1, 0.15) is 12.8 Å². The maximum Gasteiger partial charge on any atom is 0.0647 e. The third-order valence-corrected chi connectivity index (χ3v) is 1.70. The van der Waals surface area contributed by atoms with Gasteiger partial charge in [0.1, 0.15) is 0 Å². The van der Waals surface area contributed by atoms with Crippen LogP contribution in [-0.2, 0) is 4.74 Å². The van der Waals surface area contributed by atoms with Crippen LogP contribution in [0.3, 0.4) is 0 Å². The molecule has 0 unspecified atom stereocenters. The summed E-state index contributed by atoms with van der Waals surface area (Å²) in [5.74, 6) is 1.46. The van der Waals surface area contributed by atoms with E-state index in [-0.39, 0.29) is 0 Å². The van der Waals surface area contributed by atoms with Crippen LogP contribution < -0.4 is 0 Å². The van der Waals surface area contributed by atoms with Gasteiger partial charge in [-0.1, -0.05) is 12.2 Å². The Morgan fingerprint density at radius 3 is 2.80 bits per heavy atom. The first-order chi connectivity index (χ1) is 4.93. The molecule has 0 N–H and O–H groups in total. The predicted octanol–water partition coefficient (Wildman–Crippen LogP) is 2.21. The first-order valence-corrected chi connectivity index (χ1v) is 4.25. The standard InChI is InChI=1S/C8H13ClO/c9-5-1-2-6-10-7-8-3-4-8/h1-2,8H,3-7H2. The van der Waals surface area contributed by atoms with Gasteiger partial charge in [-0.05, 0) is 18.8 Å². The van der Waals surface area contributed by atoms with Crippen LogP contribution in [0.25, 0.3) is 0 Å². The molecule has 0 saturated heterocycles. The summed E-state index contributed by atoms with van der Waals surface area (Å²) >= 11 is 5.41. The first kappa shape index (κ1) is 8.09. The topological polar surface area (TPSA) is 9.23 Å². The predicted molar refractivity (Wildman–Crippen MR) is 43.4 cm³/mol. The molecule has 0 aromatic rings. The molecule has 1 aliphatic rings. The summed E-state index contributed by atoms with van der Waals surface area (Å²) < 4.78 is 5.31. The van der Waals surface area contributed by atoms with Crippen LogP contribution in [0.4, 0.5) is 0 Å². The first-order valence-electron chi connectivity index (χ1n) is 3.72. The molecule has 0 aromatic carbocycles. The second kappa shape index (κ2) is 4.75. The van der Waals surface area contributed by atoms with Gasteiger partial charge in [0, 0.05) is 12.5 Å². The van der Waals surface area contributed by atoms with Crippen molar-refractivity contribution in [2.75, 3.05) is 19.1 Å². The Balaban J connectivity index is 1.80. The lowest BCUT2D eigenvalue weighted by Gasteiger charge is -1.95. The van der Waals surface area contributed by atoms with E-state index in [0.29, 0.717) is 5.88 Å². The lowest BCUT2D eigenvalue weighted by atomic mass is 10.5. The largest absolute Gasteiger partial charge is 0.377 e. The summed E-state index contributed by atoms with van der Waals surface area (Å²) in [4.78, 5) is 0. The molecule has 0 bridgehead atoms. The highest BCUT2D eigenvalue weighted by Crippen LogP contribution is 2.28. The molecular formula is C8H13ClO. The number of halogens is 1. The van der Waals surface area contributed by atoms with Crippen LogP contribution in [-0.4, -0.2) is 19.1 Å². The lowest BCUT2D eigenvalue weighted by Crippen LogP contribution is -1.95. The summed E-state index contributed by atoms with van der Waals surface area (Å²) in [6, 6.07) is 0. The fourth-order valence-electron chi connectivity index (χ4n) is 0.718. The molecule has 1 saturated carbocycles. The van der Waals surface area contributed by atoms with Crippen LogP contribution in [0.15, 0.2) is 12.2 Å². The Labute approximate surface area is 67.0 Å². The van der Waals surface area contributed by atoms with E-state index in [9.17, 15) is 0 Å². The van der Waals surface area contributed by atoms with E-state index in [0.717, 1.165) is 19.1 Å². The molecule has 0 aliphatic heterocycles.